The number of H-pyrrole nitrogens is 1. The number of nitrogens with one attached hydrogen (secondary N) is 1. The SMILES string of the molecule is COc1ccc(C2CCC(=O)N3CCc4c([nH]c5ccc(OC)cc45)C23)cc1. The number of amides is 1. The number of piperidine rings is 1. The van der Waals surface area contributed by atoms with Gasteiger partial charge in [0.05, 0.1) is 20.3 Å². The number of nitrogens with zero attached hydrogens (tertiary/aromatic N) is 1. The molecule has 144 valence electrons. The summed E-state index contributed by atoms with van der Waals surface area (Å²) in [7, 11) is 3.38. The summed E-state index contributed by atoms with van der Waals surface area (Å²) in [5.41, 5.74) is 4.87. The van der Waals surface area contributed by atoms with Crippen molar-refractivity contribution >= 4 is 16.8 Å². The minimum atomic E-state index is 0.0526. The van der Waals surface area contributed by atoms with Crippen LogP contribution >= 0.6 is 0 Å². The average molecular weight is 376 g/mol. The third kappa shape index (κ3) is 2.57. The molecule has 5 rings (SSSR count). The molecule has 0 bridgehead atoms. The highest BCUT2D eigenvalue weighted by Gasteiger charge is 2.42. The highest BCUT2D eigenvalue weighted by atomic mass is 16.5. The van der Waals surface area contributed by atoms with Crippen LogP contribution in [0.4, 0.5) is 0 Å². The van der Waals surface area contributed by atoms with Crippen molar-refractivity contribution < 1.29 is 14.3 Å². The van der Waals surface area contributed by atoms with Crippen LogP contribution in [0.3, 0.4) is 0 Å². The van der Waals surface area contributed by atoms with Crippen LogP contribution in [0.25, 0.3) is 10.9 Å². The molecule has 0 spiro atoms. The van der Waals surface area contributed by atoms with E-state index >= 15 is 0 Å². The standard InChI is InChI=1S/C23H24N2O3/c1-27-15-5-3-14(4-6-15)17-8-10-21(26)25-12-11-18-19-13-16(28-2)7-9-20(19)24-22(18)23(17)25/h3-7,9,13,17,23-24H,8,10-12H2,1-2H3. The van der Waals surface area contributed by atoms with Gasteiger partial charge in [-0.15, -0.1) is 0 Å². The van der Waals surface area contributed by atoms with E-state index in [1.807, 2.05) is 18.2 Å². The van der Waals surface area contributed by atoms with Gasteiger partial charge in [0.15, 0.2) is 0 Å². The van der Waals surface area contributed by atoms with Gasteiger partial charge in [0.25, 0.3) is 0 Å². The maximum atomic E-state index is 12.7. The molecule has 2 aromatic carbocycles. The molecule has 28 heavy (non-hydrogen) atoms. The zero-order valence-corrected chi connectivity index (χ0v) is 16.2. The molecule has 5 nitrogen and oxygen atoms in total. The van der Waals surface area contributed by atoms with E-state index in [-0.39, 0.29) is 17.9 Å². The van der Waals surface area contributed by atoms with E-state index in [1.165, 1.54) is 22.2 Å². The van der Waals surface area contributed by atoms with E-state index in [0.29, 0.717) is 6.42 Å². The zero-order valence-electron chi connectivity index (χ0n) is 16.2. The monoisotopic (exact) mass is 376 g/mol. The van der Waals surface area contributed by atoms with Crippen LogP contribution in [0.2, 0.25) is 0 Å². The smallest absolute Gasteiger partial charge is 0.223 e. The van der Waals surface area contributed by atoms with Gasteiger partial charge in [0, 0.05) is 35.5 Å². The first kappa shape index (κ1) is 17.2. The van der Waals surface area contributed by atoms with Gasteiger partial charge in [-0.2, -0.15) is 0 Å². The largest absolute Gasteiger partial charge is 0.497 e. The van der Waals surface area contributed by atoms with Crippen molar-refractivity contribution in [3.05, 3.63) is 59.3 Å². The van der Waals surface area contributed by atoms with Crippen molar-refractivity contribution in [1.29, 1.82) is 0 Å². The second-order valence-corrected chi connectivity index (χ2v) is 7.63. The lowest BCUT2D eigenvalue weighted by atomic mass is 9.78. The normalized spacial score (nSPS) is 21.4. The molecular formula is C23H24N2O3. The van der Waals surface area contributed by atoms with Gasteiger partial charge < -0.3 is 19.4 Å². The lowest BCUT2D eigenvalue weighted by Crippen LogP contribution is -2.45. The lowest BCUT2D eigenvalue weighted by molar-refractivity contribution is -0.138. The Labute approximate surface area is 164 Å². The van der Waals surface area contributed by atoms with Crippen LogP contribution in [-0.2, 0) is 11.2 Å². The fourth-order valence-corrected chi connectivity index (χ4v) is 4.90. The summed E-state index contributed by atoms with van der Waals surface area (Å²) in [5.74, 6) is 2.26. The molecule has 1 amide bonds. The molecule has 3 heterocycles. The first-order valence-corrected chi connectivity index (χ1v) is 9.81. The van der Waals surface area contributed by atoms with Gasteiger partial charge >= 0.3 is 0 Å². The number of methoxy groups -OCH3 is 2. The lowest BCUT2D eigenvalue weighted by Gasteiger charge is -2.44. The molecule has 1 aromatic heterocycles. The van der Waals surface area contributed by atoms with Crippen molar-refractivity contribution in [2.24, 2.45) is 0 Å². The Kier molecular flexibility index (Phi) is 4.04. The van der Waals surface area contributed by atoms with E-state index in [2.05, 4.69) is 34.1 Å². The van der Waals surface area contributed by atoms with Crippen LogP contribution in [0, 0.1) is 0 Å². The molecule has 2 aliphatic heterocycles. The predicted molar refractivity (Wildman–Crippen MR) is 108 cm³/mol. The van der Waals surface area contributed by atoms with Gasteiger partial charge in [-0.3, -0.25) is 4.79 Å². The number of rotatable bonds is 3. The summed E-state index contributed by atoms with van der Waals surface area (Å²) in [6.07, 6.45) is 2.35. The van der Waals surface area contributed by atoms with Crippen LogP contribution in [-0.4, -0.2) is 36.6 Å². The first-order chi connectivity index (χ1) is 13.7. The Bertz CT molecular complexity index is 1040. The number of carbonyl (C=O) groups is 1. The minimum Gasteiger partial charge on any atom is -0.497 e. The molecule has 3 aromatic rings. The number of carbonyl (C=O) groups excluding carboxylic acids is 1. The van der Waals surface area contributed by atoms with Gasteiger partial charge in [0.2, 0.25) is 5.91 Å². The number of benzene rings is 2. The predicted octanol–water partition coefficient (Wildman–Crippen LogP) is 4.19. The fourth-order valence-electron chi connectivity index (χ4n) is 4.90. The Morgan fingerprint density at radius 3 is 2.50 bits per heavy atom. The second kappa shape index (κ2) is 6.59. The number of aromatic amines is 1. The quantitative estimate of drug-likeness (QED) is 0.746. The van der Waals surface area contributed by atoms with E-state index in [1.54, 1.807) is 14.2 Å². The van der Waals surface area contributed by atoms with Gasteiger partial charge in [0.1, 0.15) is 11.5 Å². The van der Waals surface area contributed by atoms with Crippen molar-refractivity contribution in [2.75, 3.05) is 20.8 Å². The Morgan fingerprint density at radius 1 is 1.00 bits per heavy atom. The maximum absolute atomic E-state index is 12.7. The van der Waals surface area contributed by atoms with E-state index < -0.39 is 0 Å². The summed E-state index contributed by atoms with van der Waals surface area (Å²) in [6, 6.07) is 14.5. The van der Waals surface area contributed by atoms with E-state index in [4.69, 9.17) is 9.47 Å². The zero-order chi connectivity index (χ0) is 19.3. The highest BCUT2D eigenvalue weighted by molar-refractivity contribution is 5.88. The molecule has 0 saturated carbocycles. The van der Waals surface area contributed by atoms with Crippen LogP contribution in [0.15, 0.2) is 42.5 Å². The van der Waals surface area contributed by atoms with Crippen LogP contribution in [0.1, 0.15) is 41.6 Å². The number of ether oxygens (including phenoxy) is 2. The van der Waals surface area contributed by atoms with Crippen molar-refractivity contribution in [3.63, 3.8) is 0 Å². The Balaban J connectivity index is 1.63. The summed E-state index contributed by atoms with van der Waals surface area (Å²) in [4.78, 5) is 18.4. The first-order valence-electron chi connectivity index (χ1n) is 9.81. The molecule has 2 aliphatic rings. The number of hydrogen-bond donors (Lipinski definition) is 1. The fraction of sp³-hybridized carbons (Fsp3) is 0.348. The van der Waals surface area contributed by atoms with Gasteiger partial charge in [-0.05, 0) is 54.3 Å². The van der Waals surface area contributed by atoms with Gasteiger partial charge in [-0.1, -0.05) is 12.1 Å². The van der Waals surface area contributed by atoms with Crippen molar-refractivity contribution in [1.82, 2.24) is 9.88 Å². The van der Waals surface area contributed by atoms with Crippen molar-refractivity contribution in [3.8, 4) is 11.5 Å². The molecule has 5 heteroatoms. The molecule has 1 fully saturated rings. The summed E-state index contributed by atoms with van der Waals surface area (Å²) in [5, 5.41) is 1.21. The molecular weight excluding hydrogens is 352 g/mol. The van der Waals surface area contributed by atoms with Gasteiger partial charge in [-0.25, -0.2) is 0 Å². The summed E-state index contributed by atoms with van der Waals surface area (Å²) in [6.45, 7) is 0.771. The Hall–Kier alpha value is -2.95. The average Bonchev–Trinajstić information content (AvgIpc) is 3.12. The van der Waals surface area contributed by atoms with E-state index in [0.717, 1.165) is 36.4 Å². The van der Waals surface area contributed by atoms with E-state index in [9.17, 15) is 4.79 Å². The third-order valence-corrected chi connectivity index (χ3v) is 6.30. The molecule has 0 radical (unpaired) electrons. The number of hydrogen-bond acceptors (Lipinski definition) is 3. The van der Waals surface area contributed by atoms with Crippen LogP contribution in [0.5, 0.6) is 11.5 Å². The molecule has 2 atom stereocenters. The minimum absolute atomic E-state index is 0.0526. The van der Waals surface area contributed by atoms with Crippen LogP contribution < -0.4 is 9.47 Å². The number of aromatic nitrogens is 1. The Morgan fingerprint density at radius 2 is 1.75 bits per heavy atom. The molecule has 0 aliphatic carbocycles. The second-order valence-electron chi connectivity index (χ2n) is 7.63. The molecule has 2 unspecified atom stereocenters. The summed E-state index contributed by atoms with van der Waals surface area (Å²) < 4.78 is 10.7. The summed E-state index contributed by atoms with van der Waals surface area (Å²) >= 11 is 0. The van der Waals surface area contributed by atoms with Crippen molar-refractivity contribution in [2.45, 2.75) is 31.2 Å². The third-order valence-electron chi connectivity index (χ3n) is 6.30. The molecule has 1 N–H and O–H groups in total. The topological polar surface area (TPSA) is 54.6 Å². The number of fused-ring (bicyclic) bond motifs is 5. The molecule has 1 saturated heterocycles. The highest BCUT2D eigenvalue weighted by Crippen LogP contribution is 2.47. The maximum Gasteiger partial charge on any atom is 0.223 e.